The van der Waals surface area contributed by atoms with Gasteiger partial charge in [0.15, 0.2) is 0 Å². The number of carbonyl (C=O) groups is 1. The molecule has 2 heterocycles. The third-order valence-corrected chi connectivity index (χ3v) is 4.85. The van der Waals surface area contributed by atoms with Gasteiger partial charge >= 0.3 is 0 Å². The van der Waals surface area contributed by atoms with Crippen LogP contribution in [-0.2, 0) is 4.74 Å². The average molecular weight is 341 g/mol. The third kappa shape index (κ3) is 4.01. The van der Waals surface area contributed by atoms with E-state index in [-0.39, 0.29) is 11.9 Å². The first kappa shape index (κ1) is 16.7. The Balaban J connectivity index is 1.66. The molecule has 124 valence electrons. The fourth-order valence-corrected chi connectivity index (χ4v) is 3.51. The Hall–Kier alpha value is -2.20. The fraction of sp³-hybridized carbons (Fsp3) is 0.333. The molecule has 1 N–H and O–H groups in total. The van der Waals surface area contributed by atoms with Gasteiger partial charge in [-0.2, -0.15) is 16.6 Å². The molecule has 0 radical (unpaired) electrons. The monoisotopic (exact) mass is 341 g/mol. The van der Waals surface area contributed by atoms with Crippen LogP contribution in [0.25, 0.3) is 0 Å². The third-order valence-electron chi connectivity index (χ3n) is 4.15. The number of nitrogens with one attached hydrogen (secondary N) is 1. The van der Waals surface area contributed by atoms with E-state index in [1.54, 1.807) is 35.6 Å². The van der Waals surface area contributed by atoms with E-state index in [0.717, 1.165) is 26.3 Å². The van der Waals surface area contributed by atoms with E-state index >= 15 is 0 Å². The second kappa shape index (κ2) is 8.06. The number of morpholine rings is 1. The molecule has 2 aromatic rings. The molecular weight excluding hydrogens is 322 g/mol. The Morgan fingerprint density at radius 1 is 1.29 bits per heavy atom. The van der Waals surface area contributed by atoms with Crippen molar-refractivity contribution in [3.8, 4) is 6.07 Å². The number of nitrogens with zero attached hydrogens (tertiary/aromatic N) is 2. The van der Waals surface area contributed by atoms with Gasteiger partial charge in [-0.25, -0.2) is 0 Å². The molecule has 1 aliphatic heterocycles. The Bertz CT molecular complexity index is 701. The van der Waals surface area contributed by atoms with Crippen LogP contribution in [0.2, 0.25) is 0 Å². The van der Waals surface area contributed by atoms with Gasteiger partial charge in [-0.3, -0.25) is 9.69 Å². The number of carbonyl (C=O) groups excluding carboxylic acids is 1. The van der Waals surface area contributed by atoms with Crippen LogP contribution < -0.4 is 5.32 Å². The molecule has 1 aromatic carbocycles. The van der Waals surface area contributed by atoms with Crippen molar-refractivity contribution in [1.82, 2.24) is 10.2 Å². The minimum Gasteiger partial charge on any atom is -0.379 e. The van der Waals surface area contributed by atoms with Crippen LogP contribution in [0.15, 0.2) is 41.1 Å². The highest BCUT2D eigenvalue weighted by atomic mass is 32.1. The molecule has 1 saturated heterocycles. The lowest BCUT2D eigenvalue weighted by Gasteiger charge is -2.34. The van der Waals surface area contributed by atoms with Gasteiger partial charge in [-0.05, 0) is 46.7 Å². The van der Waals surface area contributed by atoms with Gasteiger partial charge in [0, 0.05) is 25.2 Å². The molecule has 24 heavy (non-hydrogen) atoms. The number of hydrogen-bond donors (Lipinski definition) is 1. The second-order valence-corrected chi connectivity index (χ2v) is 6.40. The summed E-state index contributed by atoms with van der Waals surface area (Å²) in [5.41, 5.74) is 2.35. The number of hydrogen-bond acceptors (Lipinski definition) is 5. The van der Waals surface area contributed by atoms with Crippen LogP contribution in [-0.4, -0.2) is 43.7 Å². The largest absolute Gasteiger partial charge is 0.379 e. The Morgan fingerprint density at radius 2 is 2.04 bits per heavy atom. The maximum Gasteiger partial charge on any atom is 0.251 e. The molecule has 1 atom stereocenters. The van der Waals surface area contributed by atoms with Crippen LogP contribution >= 0.6 is 11.3 Å². The average Bonchev–Trinajstić information content (AvgIpc) is 3.17. The van der Waals surface area contributed by atoms with Crippen LogP contribution in [0.5, 0.6) is 0 Å². The minimum atomic E-state index is -0.118. The van der Waals surface area contributed by atoms with E-state index < -0.39 is 0 Å². The van der Waals surface area contributed by atoms with Crippen molar-refractivity contribution in [3.63, 3.8) is 0 Å². The summed E-state index contributed by atoms with van der Waals surface area (Å²) in [5, 5.41) is 16.0. The van der Waals surface area contributed by atoms with Crippen molar-refractivity contribution in [2.24, 2.45) is 0 Å². The maximum absolute atomic E-state index is 12.4. The summed E-state index contributed by atoms with van der Waals surface area (Å²) in [6.07, 6.45) is 0. The predicted molar refractivity (Wildman–Crippen MR) is 92.9 cm³/mol. The molecule has 1 amide bonds. The lowest BCUT2D eigenvalue weighted by molar-refractivity contribution is 0.0163. The number of nitriles is 1. The van der Waals surface area contributed by atoms with E-state index in [1.165, 1.54) is 5.56 Å². The summed E-state index contributed by atoms with van der Waals surface area (Å²) >= 11 is 1.67. The summed E-state index contributed by atoms with van der Waals surface area (Å²) in [7, 11) is 0. The first-order valence-electron chi connectivity index (χ1n) is 7.90. The van der Waals surface area contributed by atoms with Gasteiger partial charge in [-0.15, -0.1) is 0 Å². The lowest BCUT2D eigenvalue weighted by atomic mass is 10.1. The summed E-state index contributed by atoms with van der Waals surface area (Å²) in [6, 6.07) is 11.0. The molecule has 1 fully saturated rings. The highest BCUT2D eigenvalue weighted by molar-refractivity contribution is 7.07. The lowest BCUT2D eigenvalue weighted by Crippen LogP contribution is -2.43. The highest BCUT2D eigenvalue weighted by Gasteiger charge is 2.23. The SMILES string of the molecule is N#Cc1ccc(C(=O)NC[C@@H](c2ccsc2)N2CCOCC2)cc1. The van der Waals surface area contributed by atoms with Crippen molar-refractivity contribution in [3.05, 3.63) is 57.8 Å². The quantitative estimate of drug-likeness (QED) is 0.907. The number of benzene rings is 1. The first-order valence-corrected chi connectivity index (χ1v) is 8.84. The van der Waals surface area contributed by atoms with Crippen LogP contribution in [0, 0.1) is 11.3 Å². The van der Waals surface area contributed by atoms with Gasteiger partial charge in [0.1, 0.15) is 0 Å². The molecule has 0 aliphatic carbocycles. The molecule has 6 heteroatoms. The standard InChI is InChI=1S/C18H19N3O2S/c19-11-14-1-3-15(4-2-14)18(22)20-12-17(16-5-10-24-13-16)21-6-8-23-9-7-21/h1-5,10,13,17H,6-9,12H2,(H,20,22)/t17-/m0/s1. The fourth-order valence-electron chi connectivity index (χ4n) is 2.80. The predicted octanol–water partition coefficient (Wildman–Crippen LogP) is 2.42. The van der Waals surface area contributed by atoms with Crippen molar-refractivity contribution >= 4 is 17.2 Å². The zero-order valence-corrected chi connectivity index (χ0v) is 14.1. The zero-order valence-electron chi connectivity index (χ0n) is 13.3. The summed E-state index contributed by atoms with van der Waals surface area (Å²) in [5.74, 6) is -0.118. The van der Waals surface area contributed by atoms with Gasteiger partial charge in [0.05, 0.1) is 30.9 Å². The van der Waals surface area contributed by atoms with Crippen molar-refractivity contribution < 1.29 is 9.53 Å². The molecular formula is C18H19N3O2S. The molecule has 1 aliphatic rings. The Morgan fingerprint density at radius 3 is 2.67 bits per heavy atom. The van der Waals surface area contributed by atoms with Gasteiger partial charge in [0.25, 0.3) is 5.91 Å². The number of amides is 1. The Labute approximate surface area is 145 Å². The second-order valence-electron chi connectivity index (χ2n) is 5.62. The van der Waals surface area contributed by atoms with E-state index in [1.807, 2.05) is 0 Å². The zero-order chi connectivity index (χ0) is 16.8. The van der Waals surface area contributed by atoms with Gasteiger partial charge in [0.2, 0.25) is 0 Å². The molecule has 1 aromatic heterocycles. The van der Waals surface area contributed by atoms with Gasteiger partial charge < -0.3 is 10.1 Å². The number of rotatable bonds is 5. The topological polar surface area (TPSA) is 65.4 Å². The van der Waals surface area contributed by atoms with Crippen LogP contribution in [0.3, 0.4) is 0 Å². The van der Waals surface area contributed by atoms with E-state index in [9.17, 15) is 4.79 Å². The van der Waals surface area contributed by atoms with Gasteiger partial charge in [-0.1, -0.05) is 0 Å². The van der Waals surface area contributed by atoms with Crippen molar-refractivity contribution in [1.29, 1.82) is 5.26 Å². The molecule has 3 rings (SSSR count). The summed E-state index contributed by atoms with van der Waals surface area (Å²) in [4.78, 5) is 14.7. The molecule has 0 spiro atoms. The molecule has 5 nitrogen and oxygen atoms in total. The normalized spacial score (nSPS) is 16.3. The van der Waals surface area contributed by atoms with E-state index in [2.05, 4.69) is 33.1 Å². The van der Waals surface area contributed by atoms with Crippen LogP contribution in [0.1, 0.15) is 27.5 Å². The Kier molecular flexibility index (Phi) is 5.59. The highest BCUT2D eigenvalue weighted by Crippen LogP contribution is 2.23. The number of thiophene rings is 1. The molecule has 0 bridgehead atoms. The summed E-state index contributed by atoms with van der Waals surface area (Å²) in [6.45, 7) is 3.74. The minimum absolute atomic E-state index is 0.118. The summed E-state index contributed by atoms with van der Waals surface area (Å²) < 4.78 is 5.43. The smallest absolute Gasteiger partial charge is 0.251 e. The first-order chi connectivity index (χ1) is 11.8. The van der Waals surface area contributed by atoms with E-state index in [0.29, 0.717) is 17.7 Å². The number of ether oxygens (including phenoxy) is 1. The van der Waals surface area contributed by atoms with Crippen molar-refractivity contribution in [2.45, 2.75) is 6.04 Å². The molecule has 0 unspecified atom stereocenters. The van der Waals surface area contributed by atoms with Crippen LogP contribution in [0.4, 0.5) is 0 Å². The van der Waals surface area contributed by atoms with Crippen molar-refractivity contribution in [2.75, 3.05) is 32.8 Å². The molecule has 0 saturated carbocycles. The van der Waals surface area contributed by atoms with E-state index in [4.69, 9.17) is 10.00 Å². The maximum atomic E-state index is 12.4.